The van der Waals surface area contributed by atoms with Crippen LogP contribution in [0.3, 0.4) is 0 Å². The van der Waals surface area contributed by atoms with Crippen LogP contribution in [0.2, 0.25) is 0 Å². The molecule has 1 saturated heterocycles. The van der Waals surface area contributed by atoms with Gasteiger partial charge in [0.15, 0.2) is 0 Å². The Morgan fingerprint density at radius 2 is 1.94 bits per heavy atom. The SMILES string of the molecule is CC(C)c1cnc(-c2cccc(Nc3ccc(N4CCCCC4C=O)cn3)n2)s1.Cl.Cl. The molecule has 0 aliphatic carbocycles. The summed E-state index contributed by atoms with van der Waals surface area (Å²) < 4.78 is 0. The Morgan fingerprint density at radius 1 is 1.10 bits per heavy atom. The molecule has 1 N–H and O–H groups in total. The van der Waals surface area contributed by atoms with Crippen LogP contribution in [0.4, 0.5) is 17.3 Å². The number of hydrogen-bond donors (Lipinski definition) is 1. The molecule has 3 aromatic heterocycles. The number of nitrogens with zero attached hydrogens (tertiary/aromatic N) is 4. The fourth-order valence-corrected chi connectivity index (χ4v) is 4.36. The van der Waals surface area contributed by atoms with E-state index in [2.05, 4.69) is 39.0 Å². The molecule has 0 aromatic carbocycles. The Kier molecular flexibility index (Phi) is 9.22. The largest absolute Gasteiger partial charge is 0.361 e. The second-order valence-corrected chi connectivity index (χ2v) is 8.61. The van der Waals surface area contributed by atoms with Crippen molar-refractivity contribution in [2.45, 2.75) is 45.1 Å². The van der Waals surface area contributed by atoms with Gasteiger partial charge in [0.25, 0.3) is 0 Å². The number of halogens is 2. The number of carbonyl (C=O) groups is 1. The number of rotatable bonds is 6. The molecule has 166 valence electrons. The lowest BCUT2D eigenvalue weighted by Gasteiger charge is -2.34. The summed E-state index contributed by atoms with van der Waals surface area (Å²) >= 11 is 1.68. The van der Waals surface area contributed by atoms with Gasteiger partial charge in [-0.15, -0.1) is 36.2 Å². The number of pyridine rings is 2. The van der Waals surface area contributed by atoms with Crippen LogP contribution >= 0.6 is 36.2 Å². The Morgan fingerprint density at radius 3 is 2.61 bits per heavy atom. The van der Waals surface area contributed by atoms with E-state index in [-0.39, 0.29) is 30.9 Å². The van der Waals surface area contributed by atoms with Crippen LogP contribution in [0.5, 0.6) is 0 Å². The summed E-state index contributed by atoms with van der Waals surface area (Å²) in [5, 5.41) is 4.19. The molecule has 0 spiro atoms. The number of hydrogen-bond acceptors (Lipinski definition) is 7. The first-order valence-electron chi connectivity index (χ1n) is 10.0. The zero-order valence-corrected chi connectivity index (χ0v) is 20.0. The Labute approximate surface area is 199 Å². The third-order valence-corrected chi connectivity index (χ3v) is 6.42. The Bertz CT molecular complexity index is 980. The van der Waals surface area contributed by atoms with E-state index in [1.807, 2.05) is 42.7 Å². The average Bonchev–Trinajstić information content (AvgIpc) is 3.25. The predicted molar refractivity (Wildman–Crippen MR) is 132 cm³/mol. The highest BCUT2D eigenvalue weighted by atomic mass is 35.5. The molecule has 0 amide bonds. The van der Waals surface area contributed by atoms with Crippen LogP contribution < -0.4 is 10.2 Å². The van der Waals surface area contributed by atoms with E-state index in [1.165, 1.54) is 4.88 Å². The molecule has 3 aromatic rings. The van der Waals surface area contributed by atoms with E-state index in [0.717, 1.165) is 60.1 Å². The van der Waals surface area contributed by atoms with Crippen LogP contribution in [0.15, 0.2) is 42.7 Å². The summed E-state index contributed by atoms with van der Waals surface area (Å²) in [6.07, 6.45) is 7.92. The topological polar surface area (TPSA) is 71.0 Å². The van der Waals surface area contributed by atoms with Crippen molar-refractivity contribution in [3.8, 4) is 10.7 Å². The highest BCUT2D eigenvalue weighted by Crippen LogP contribution is 2.29. The average molecular weight is 480 g/mol. The van der Waals surface area contributed by atoms with E-state index in [4.69, 9.17) is 0 Å². The molecule has 1 fully saturated rings. The van der Waals surface area contributed by atoms with E-state index in [0.29, 0.717) is 5.92 Å². The zero-order valence-electron chi connectivity index (χ0n) is 17.5. The molecule has 0 saturated carbocycles. The second-order valence-electron chi connectivity index (χ2n) is 7.55. The summed E-state index contributed by atoms with van der Waals surface area (Å²) in [7, 11) is 0. The van der Waals surface area contributed by atoms with Crippen molar-refractivity contribution in [2.24, 2.45) is 0 Å². The van der Waals surface area contributed by atoms with Crippen molar-refractivity contribution < 1.29 is 4.79 Å². The molecule has 1 aliphatic heterocycles. The molecule has 6 nitrogen and oxygen atoms in total. The molecule has 4 heterocycles. The van der Waals surface area contributed by atoms with Gasteiger partial charge in [0.05, 0.1) is 17.9 Å². The van der Waals surface area contributed by atoms with Gasteiger partial charge >= 0.3 is 0 Å². The first kappa shape index (κ1) is 25.0. The molecular formula is C22H27Cl2N5OS. The number of aromatic nitrogens is 3. The van der Waals surface area contributed by atoms with Gasteiger partial charge in [-0.1, -0.05) is 19.9 Å². The molecular weight excluding hydrogens is 453 g/mol. The van der Waals surface area contributed by atoms with Gasteiger partial charge < -0.3 is 15.0 Å². The van der Waals surface area contributed by atoms with Gasteiger partial charge in [0, 0.05) is 17.6 Å². The van der Waals surface area contributed by atoms with Gasteiger partial charge in [0.2, 0.25) is 0 Å². The van der Waals surface area contributed by atoms with Crippen molar-refractivity contribution in [1.29, 1.82) is 0 Å². The van der Waals surface area contributed by atoms with Crippen LogP contribution in [0.1, 0.15) is 43.9 Å². The fraction of sp³-hybridized carbons (Fsp3) is 0.364. The number of anilines is 3. The lowest BCUT2D eigenvalue weighted by molar-refractivity contribution is -0.109. The summed E-state index contributed by atoms with van der Waals surface area (Å²) in [6, 6.07) is 9.76. The molecule has 1 unspecified atom stereocenters. The minimum atomic E-state index is -0.0447. The normalized spacial score (nSPS) is 15.7. The van der Waals surface area contributed by atoms with E-state index in [1.54, 1.807) is 11.3 Å². The van der Waals surface area contributed by atoms with Crippen LogP contribution in [0.25, 0.3) is 10.7 Å². The summed E-state index contributed by atoms with van der Waals surface area (Å²) in [5.74, 6) is 1.91. The van der Waals surface area contributed by atoms with Gasteiger partial charge in [-0.25, -0.2) is 15.0 Å². The van der Waals surface area contributed by atoms with Gasteiger partial charge in [-0.3, -0.25) is 0 Å². The van der Waals surface area contributed by atoms with Crippen molar-refractivity contribution in [3.63, 3.8) is 0 Å². The van der Waals surface area contributed by atoms with Crippen molar-refractivity contribution in [1.82, 2.24) is 15.0 Å². The molecule has 4 rings (SSSR count). The van der Waals surface area contributed by atoms with Crippen molar-refractivity contribution in [3.05, 3.63) is 47.6 Å². The number of piperidine rings is 1. The minimum Gasteiger partial charge on any atom is -0.361 e. The number of thiazole rings is 1. The van der Waals surface area contributed by atoms with E-state index in [9.17, 15) is 4.79 Å². The van der Waals surface area contributed by atoms with Gasteiger partial charge in [-0.2, -0.15) is 0 Å². The Balaban J connectivity index is 0.00000171. The van der Waals surface area contributed by atoms with Crippen LogP contribution in [-0.4, -0.2) is 33.8 Å². The number of aldehydes is 1. The lowest BCUT2D eigenvalue weighted by Crippen LogP contribution is -2.40. The lowest BCUT2D eigenvalue weighted by atomic mass is 10.0. The monoisotopic (exact) mass is 479 g/mol. The van der Waals surface area contributed by atoms with Crippen molar-refractivity contribution in [2.75, 3.05) is 16.8 Å². The van der Waals surface area contributed by atoms with E-state index < -0.39 is 0 Å². The highest BCUT2D eigenvalue weighted by molar-refractivity contribution is 7.15. The first-order chi connectivity index (χ1) is 14.1. The summed E-state index contributed by atoms with van der Waals surface area (Å²) in [4.78, 5) is 28.5. The van der Waals surface area contributed by atoms with Crippen LogP contribution in [0, 0.1) is 0 Å². The van der Waals surface area contributed by atoms with Crippen molar-refractivity contribution >= 4 is 59.8 Å². The molecule has 1 aliphatic rings. The molecule has 1 atom stereocenters. The van der Waals surface area contributed by atoms with Crippen LogP contribution in [-0.2, 0) is 4.79 Å². The smallest absolute Gasteiger partial charge is 0.142 e. The molecule has 9 heteroatoms. The third-order valence-electron chi connectivity index (χ3n) is 5.10. The fourth-order valence-electron chi connectivity index (χ4n) is 3.48. The molecule has 31 heavy (non-hydrogen) atoms. The number of nitrogens with one attached hydrogen (secondary N) is 1. The predicted octanol–water partition coefficient (Wildman–Crippen LogP) is 5.87. The quantitative estimate of drug-likeness (QED) is 0.445. The molecule has 0 radical (unpaired) electrons. The first-order valence-corrected chi connectivity index (χ1v) is 10.8. The van der Waals surface area contributed by atoms with E-state index >= 15 is 0 Å². The zero-order chi connectivity index (χ0) is 20.2. The molecule has 0 bridgehead atoms. The maximum Gasteiger partial charge on any atom is 0.142 e. The van der Waals surface area contributed by atoms with Gasteiger partial charge in [0.1, 0.15) is 28.6 Å². The van der Waals surface area contributed by atoms with Gasteiger partial charge in [-0.05, 0) is 49.4 Å². The maximum absolute atomic E-state index is 11.4. The summed E-state index contributed by atoms with van der Waals surface area (Å²) in [6.45, 7) is 5.23. The highest BCUT2D eigenvalue weighted by Gasteiger charge is 2.22. The standard InChI is InChI=1S/C22H25N5OS.2ClH/c1-15(2)19-13-24-22(29-19)18-7-5-8-21(25-18)26-20-10-9-16(12-23-20)27-11-4-3-6-17(27)14-28;;/h5,7-10,12-15,17H,3-4,6,11H2,1-2H3,(H,23,25,26);2*1H. The minimum absolute atomic E-state index is 0. The maximum atomic E-state index is 11.4. The Hall–Kier alpha value is -2.22. The number of carbonyl (C=O) groups excluding carboxylic acids is 1. The third kappa shape index (κ3) is 5.93. The second kappa shape index (κ2) is 11.4. The summed E-state index contributed by atoms with van der Waals surface area (Å²) in [5.41, 5.74) is 1.84.